The second kappa shape index (κ2) is 6.26. The maximum absolute atomic E-state index is 12.5. The van der Waals surface area contributed by atoms with Gasteiger partial charge in [-0.1, -0.05) is 12.1 Å². The van der Waals surface area contributed by atoms with Crippen LogP contribution in [0.25, 0.3) is 0 Å². The van der Waals surface area contributed by atoms with E-state index in [1.54, 1.807) is 7.11 Å². The van der Waals surface area contributed by atoms with Gasteiger partial charge in [-0.2, -0.15) is 0 Å². The molecule has 19 heavy (non-hydrogen) atoms. The molecule has 0 atom stereocenters. The lowest BCUT2D eigenvalue weighted by Crippen LogP contribution is -2.35. The Hall–Kier alpha value is -1.26. The zero-order chi connectivity index (χ0) is 13.8. The van der Waals surface area contributed by atoms with Gasteiger partial charge < -0.3 is 9.64 Å². The Bertz CT molecular complexity index is 511. The Labute approximate surface area is 119 Å². The Morgan fingerprint density at radius 1 is 1.47 bits per heavy atom. The highest BCUT2D eigenvalue weighted by Crippen LogP contribution is 2.19. The van der Waals surface area contributed by atoms with Crippen molar-refractivity contribution in [2.24, 2.45) is 0 Å². The fourth-order valence-corrected chi connectivity index (χ4v) is 2.43. The van der Waals surface area contributed by atoms with E-state index in [2.05, 4.69) is 18.7 Å². The van der Waals surface area contributed by atoms with Crippen molar-refractivity contribution < 1.29 is 9.53 Å². The lowest BCUT2D eigenvalue weighted by Gasteiger charge is -2.27. The molecule has 0 bridgehead atoms. The number of thiol groups is 1. The third kappa shape index (κ3) is 3.39. The van der Waals surface area contributed by atoms with Gasteiger partial charge in [0, 0.05) is 30.7 Å². The average Bonchev–Trinajstić information content (AvgIpc) is 2.42. The molecule has 0 fully saturated rings. The lowest BCUT2D eigenvalue weighted by molar-refractivity contribution is 0.0764. The van der Waals surface area contributed by atoms with Gasteiger partial charge in [-0.05, 0) is 36.6 Å². The zero-order valence-corrected chi connectivity index (χ0v) is 12.2. The van der Waals surface area contributed by atoms with Crippen molar-refractivity contribution in [2.45, 2.75) is 18.2 Å². The molecule has 0 spiro atoms. The number of hydrogen-bond acceptors (Lipinski definition) is 3. The number of methoxy groups -OCH3 is 1. The van der Waals surface area contributed by atoms with Crippen molar-refractivity contribution in [1.82, 2.24) is 4.90 Å². The van der Waals surface area contributed by atoms with Crippen LogP contribution in [0.4, 0.5) is 0 Å². The molecule has 1 aromatic carbocycles. The molecule has 2 rings (SSSR count). The summed E-state index contributed by atoms with van der Waals surface area (Å²) in [5.41, 5.74) is 3.01. The minimum atomic E-state index is 0.0844. The Morgan fingerprint density at radius 3 is 2.89 bits per heavy atom. The summed E-state index contributed by atoms with van der Waals surface area (Å²) in [6.45, 7) is 4.03. The van der Waals surface area contributed by atoms with E-state index >= 15 is 0 Å². The number of rotatable bonds is 3. The summed E-state index contributed by atoms with van der Waals surface area (Å²) in [5, 5.41) is 0. The molecule has 4 heteroatoms. The van der Waals surface area contributed by atoms with E-state index in [1.807, 2.05) is 30.0 Å². The molecule has 0 N–H and O–H groups in total. The molecule has 0 saturated heterocycles. The van der Waals surface area contributed by atoms with Crippen molar-refractivity contribution in [2.75, 3.05) is 26.8 Å². The topological polar surface area (TPSA) is 29.5 Å². The number of amides is 1. The van der Waals surface area contributed by atoms with E-state index < -0.39 is 0 Å². The number of ether oxygens (including phenoxy) is 1. The fourth-order valence-electron chi connectivity index (χ4n) is 2.22. The van der Waals surface area contributed by atoms with E-state index in [4.69, 9.17) is 4.74 Å². The van der Waals surface area contributed by atoms with Crippen molar-refractivity contribution in [1.29, 1.82) is 0 Å². The van der Waals surface area contributed by atoms with Gasteiger partial charge in [0.05, 0.1) is 6.61 Å². The first-order valence-corrected chi connectivity index (χ1v) is 6.82. The second-order valence-corrected chi connectivity index (χ2v) is 5.31. The molecule has 0 saturated carbocycles. The largest absolute Gasteiger partial charge is 0.380 e. The Balaban J connectivity index is 2.11. The van der Waals surface area contributed by atoms with Gasteiger partial charge in [-0.15, -0.1) is 12.6 Å². The molecule has 1 heterocycles. The van der Waals surface area contributed by atoms with E-state index in [1.165, 1.54) is 5.57 Å². The van der Waals surface area contributed by atoms with Gasteiger partial charge in [0.2, 0.25) is 0 Å². The van der Waals surface area contributed by atoms with Crippen molar-refractivity contribution in [3.8, 4) is 0 Å². The fraction of sp³-hybridized carbons (Fsp3) is 0.400. The van der Waals surface area contributed by atoms with Crippen LogP contribution >= 0.6 is 12.6 Å². The molecule has 1 amide bonds. The second-order valence-electron chi connectivity index (χ2n) is 4.80. The molecule has 0 unspecified atom stereocenters. The third-order valence-corrected chi connectivity index (χ3v) is 3.65. The average molecular weight is 277 g/mol. The van der Waals surface area contributed by atoms with Gasteiger partial charge in [0.15, 0.2) is 0 Å². The third-order valence-electron chi connectivity index (χ3n) is 3.37. The molecular weight excluding hydrogens is 258 g/mol. The standard InChI is InChI=1S/C15H19NO2S/c1-11-3-4-13(19)9-14(11)15(17)16-7-5-12(6-8-16)10-18-2/h3-5,9,19H,6-8,10H2,1-2H3. The smallest absolute Gasteiger partial charge is 0.254 e. The number of hydrogen-bond donors (Lipinski definition) is 1. The van der Waals surface area contributed by atoms with Crippen LogP contribution in [0, 0.1) is 6.92 Å². The highest BCUT2D eigenvalue weighted by molar-refractivity contribution is 7.80. The van der Waals surface area contributed by atoms with Gasteiger partial charge >= 0.3 is 0 Å². The van der Waals surface area contributed by atoms with E-state index in [-0.39, 0.29) is 5.91 Å². The number of benzene rings is 1. The first-order valence-electron chi connectivity index (χ1n) is 6.37. The van der Waals surface area contributed by atoms with Gasteiger partial charge in [-0.25, -0.2) is 0 Å². The van der Waals surface area contributed by atoms with Crippen LogP contribution in [0.5, 0.6) is 0 Å². The zero-order valence-electron chi connectivity index (χ0n) is 11.3. The molecule has 3 nitrogen and oxygen atoms in total. The number of aryl methyl sites for hydroxylation is 1. The summed E-state index contributed by atoms with van der Waals surface area (Å²) < 4.78 is 5.11. The number of nitrogens with zero attached hydrogens (tertiary/aromatic N) is 1. The Kier molecular flexibility index (Phi) is 4.66. The summed E-state index contributed by atoms with van der Waals surface area (Å²) in [6.07, 6.45) is 2.98. The SMILES string of the molecule is COCC1=CCN(C(=O)c2cc(S)ccc2C)CC1. The summed E-state index contributed by atoms with van der Waals surface area (Å²) in [6, 6.07) is 5.68. The van der Waals surface area contributed by atoms with E-state index in [0.717, 1.165) is 29.0 Å². The maximum Gasteiger partial charge on any atom is 0.254 e. The normalized spacial score (nSPS) is 15.3. The lowest BCUT2D eigenvalue weighted by atomic mass is 10.0. The minimum Gasteiger partial charge on any atom is -0.380 e. The quantitative estimate of drug-likeness (QED) is 0.680. The molecule has 0 aromatic heterocycles. The van der Waals surface area contributed by atoms with E-state index in [9.17, 15) is 4.79 Å². The molecule has 102 valence electrons. The molecular formula is C15H19NO2S. The highest BCUT2D eigenvalue weighted by Gasteiger charge is 2.20. The predicted molar refractivity (Wildman–Crippen MR) is 78.9 cm³/mol. The van der Waals surface area contributed by atoms with Gasteiger partial charge in [-0.3, -0.25) is 4.79 Å². The monoisotopic (exact) mass is 277 g/mol. The molecule has 0 radical (unpaired) electrons. The number of carbonyl (C=O) groups is 1. The summed E-state index contributed by atoms with van der Waals surface area (Å²) in [5.74, 6) is 0.0844. The molecule has 1 aliphatic rings. The van der Waals surface area contributed by atoms with E-state index in [0.29, 0.717) is 13.2 Å². The van der Waals surface area contributed by atoms with Gasteiger partial charge in [0.25, 0.3) is 5.91 Å². The van der Waals surface area contributed by atoms with Crippen LogP contribution < -0.4 is 0 Å². The first-order chi connectivity index (χ1) is 9.11. The van der Waals surface area contributed by atoms with Crippen LogP contribution in [0.1, 0.15) is 22.3 Å². The van der Waals surface area contributed by atoms with Crippen molar-refractivity contribution in [3.63, 3.8) is 0 Å². The summed E-state index contributed by atoms with van der Waals surface area (Å²) in [7, 11) is 1.69. The molecule has 1 aliphatic heterocycles. The predicted octanol–water partition coefficient (Wildman–Crippen LogP) is 2.70. The van der Waals surface area contributed by atoms with Crippen LogP contribution in [-0.2, 0) is 4.74 Å². The maximum atomic E-state index is 12.5. The van der Waals surface area contributed by atoms with Crippen LogP contribution in [0.15, 0.2) is 34.7 Å². The van der Waals surface area contributed by atoms with Crippen LogP contribution in [0.3, 0.4) is 0 Å². The first kappa shape index (κ1) is 14.2. The summed E-state index contributed by atoms with van der Waals surface area (Å²) in [4.78, 5) is 15.2. The number of carbonyl (C=O) groups excluding carboxylic acids is 1. The summed E-state index contributed by atoms with van der Waals surface area (Å²) >= 11 is 4.30. The molecule has 0 aliphatic carbocycles. The van der Waals surface area contributed by atoms with Gasteiger partial charge in [0.1, 0.15) is 0 Å². The Morgan fingerprint density at radius 2 is 2.26 bits per heavy atom. The molecule has 1 aromatic rings. The minimum absolute atomic E-state index is 0.0844. The highest BCUT2D eigenvalue weighted by atomic mass is 32.1. The van der Waals surface area contributed by atoms with Crippen LogP contribution in [-0.4, -0.2) is 37.6 Å². The van der Waals surface area contributed by atoms with Crippen molar-refractivity contribution >= 4 is 18.5 Å². The van der Waals surface area contributed by atoms with Crippen molar-refractivity contribution in [3.05, 3.63) is 41.0 Å². The van der Waals surface area contributed by atoms with Crippen LogP contribution in [0.2, 0.25) is 0 Å².